The molecule has 2 atom stereocenters. The van der Waals surface area contributed by atoms with Crippen LogP contribution in [0.4, 0.5) is 10.5 Å². The normalized spacial score (nSPS) is 21.8. The van der Waals surface area contributed by atoms with Gasteiger partial charge in [-0.2, -0.15) is 0 Å². The lowest BCUT2D eigenvalue weighted by atomic mass is 10.1. The zero-order chi connectivity index (χ0) is 19.0. The first-order valence-corrected chi connectivity index (χ1v) is 9.21. The maximum atomic E-state index is 13.1. The van der Waals surface area contributed by atoms with E-state index in [2.05, 4.69) is 4.99 Å². The number of anilines is 1. The van der Waals surface area contributed by atoms with Crippen LogP contribution in [0.25, 0.3) is 0 Å². The van der Waals surface area contributed by atoms with Crippen LogP contribution in [-0.4, -0.2) is 46.8 Å². The molecule has 0 aromatic heterocycles. The number of hydrogen-bond acceptors (Lipinski definition) is 4. The van der Waals surface area contributed by atoms with E-state index in [1.807, 2.05) is 35.2 Å². The lowest BCUT2D eigenvalue weighted by Gasteiger charge is -2.44. The average Bonchev–Trinajstić information content (AvgIpc) is 3.08. The van der Waals surface area contributed by atoms with Crippen LogP contribution >= 0.6 is 11.6 Å². The number of rotatable bonds is 4. The molecular weight excluding hydrogens is 364 g/mol. The van der Waals surface area contributed by atoms with Gasteiger partial charge in [0, 0.05) is 23.8 Å². The lowest BCUT2D eigenvalue weighted by molar-refractivity contribution is -0.131. The molecule has 2 unspecified atom stereocenters. The Morgan fingerprint density at radius 3 is 2.41 bits per heavy atom. The van der Waals surface area contributed by atoms with Gasteiger partial charge in [-0.1, -0.05) is 41.9 Å². The Kier molecular flexibility index (Phi) is 4.58. The smallest absolute Gasteiger partial charge is 0.333 e. The van der Waals surface area contributed by atoms with Crippen molar-refractivity contribution in [3.05, 3.63) is 65.2 Å². The summed E-state index contributed by atoms with van der Waals surface area (Å²) >= 11 is 6.01. The number of amides is 3. The maximum absolute atomic E-state index is 13.1. The molecule has 2 aliphatic rings. The third kappa shape index (κ3) is 3.06. The molecule has 2 heterocycles. The number of fused-ring (bicyclic) bond motifs is 1. The van der Waals surface area contributed by atoms with E-state index in [1.54, 1.807) is 42.4 Å². The number of halogens is 1. The minimum absolute atomic E-state index is 0.260. The Morgan fingerprint density at radius 1 is 1.04 bits per heavy atom. The summed E-state index contributed by atoms with van der Waals surface area (Å²) in [7, 11) is 0. The molecule has 0 aliphatic carbocycles. The van der Waals surface area contributed by atoms with Crippen molar-refractivity contribution in [2.75, 3.05) is 11.4 Å². The number of imide groups is 1. The van der Waals surface area contributed by atoms with E-state index in [-0.39, 0.29) is 11.9 Å². The number of aliphatic imine (C=N–C) groups is 1. The predicted octanol–water partition coefficient (Wildman–Crippen LogP) is 3.37. The van der Waals surface area contributed by atoms with Crippen LogP contribution in [0.15, 0.2) is 59.6 Å². The highest BCUT2D eigenvalue weighted by atomic mass is 35.5. The topological polar surface area (TPSA) is 56.2 Å². The summed E-state index contributed by atoms with van der Waals surface area (Å²) in [5.74, 6) is -0.260. The van der Waals surface area contributed by atoms with Crippen molar-refractivity contribution in [2.24, 2.45) is 4.99 Å². The average molecular weight is 383 g/mol. The first-order valence-electron chi connectivity index (χ1n) is 8.83. The summed E-state index contributed by atoms with van der Waals surface area (Å²) in [6, 6.07) is 16.0. The minimum atomic E-state index is -0.637. The lowest BCUT2D eigenvalue weighted by Crippen LogP contribution is -2.66. The Balaban J connectivity index is 1.72. The second-order valence-electron chi connectivity index (χ2n) is 6.49. The van der Waals surface area contributed by atoms with Gasteiger partial charge in [0.2, 0.25) is 0 Å². The van der Waals surface area contributed by atoms with Gasteiger partial charge in [-0.15, -0.1) is 0 Å². The van der Waals surface area contributed by atoms with E-state index in [0.717, 1.165) is 5.56 Å². The first kappa shape index (κ1) is 17.5. The molecule has 2 aromatic rings. The van der Waals surface area contributed by atoms with Crippen molar-refractivity contribution in [3.63, 3.8) is 0 Å². The van der Waals surface area contributed by atoms with Gasteiger partial charge in [0.05, 0.1) is 6.34 Å². The van der Waals surface area contributed by atoms with Crippen LogP contribution in [0.2, 0.25) is 5.02 Å². The molecule has 0 radical (unpaired) electrons. The summed E-state index contributed by atoms with van der Waals surface area (Å²) in [6.45, 7) is 2.65. The monoisotopic (exact) mass is 382 g/mol. The number of benzene rings is 2. The molecule has 138 valence electrons. The number of nitrogens with zero attached hydrogens (tertiary/aromatic N) is 4. The summed E-state index contributed by atoms with van der Waals surface area (Å²) in [6.07, 6.45) is 1.18. The fourth-order valence-electron chi connectivity index (χ4n) is 3.55. The fourth-order valence-corrected chi connectivity index (χ4v) is 3.67. The molecule has 2 aromatic carbocycles. The number of likely N-dealkylation sites (N-methyl/N-ethyl adjacent to an activating group) is 1. The molecule has 0 spiro atoms. The van der Waals surface area contributed by atoms with Crippen molar-refractivity contribution in [1.82, 2.24) is 9.80 Å². The van der Waals surface area contributed by atoms with E-state index < -0.39 is 12.2 Å². The highest BCUT2D eigenvalue weighted by Gasteiger charge is 2.50. The quantitative estimate of drug-likeness (QED) is 0.814. The van der Waals surface area contributed by atoms with Crippen molar-refractivity contribution < 1.29 is 9.59 Å². The van der Waals surface area contributed by atoms with Crippen molar-refractivity contribution in [2.45, 2.75) is 25.7 Å². The largest absolute Gasteiger partial charge is 0.335 e. The molecule has 0 bridgehead atoms. The van der Waals surface area contributed by atoms with Crippen LogP contribution in [0, 0.1) is 0 Å². The molecule has 3 amide bonds. The van der Waals surface area contributed by atoms with Gasteiger partial charge >= 0.3 is 6.03 Å². The summed E-state index contributed by atoms with van der Waals surface area (Å²) in [5.41, 5.74) is 1.77. The molecule has 6 nitrogen and oxygen atoms in total. The molecule has 1 saturated heterocycles. The van der Waals surface area contributed by atoms with Crippen LogP contribution in [0.3, 0.4) is 0 Å². The molecule has 7 heteroatoms. The van der Waals surface area contributed by atoms with Gasteiger partial charge in [0.15, 0.2) is 6.04 Å². The molecule has 4 rings (SSSR count). The van der Waals surface area contributed by atoms with Gasteiger partial charge < -0.3 is 4.90 Å². The number of urea groups is 1. The number of carbonyl (C=O) groups excluding carboxylic acids is 2. The van der Waals surface area contributed by atoms with Crippen molar-refractivity contribution >= 4 is 35.6 Å². The van der Waals surface area contributed by atoms with Gasteiger partial charge in [-0.25, -0.2) is 4.79 Å². The minimum Gasteiger partial charge on any atom is -0.335 e. The second kappa shape index (κ2) is 7.04. The van der Waals surface area contributed by atoms with Gasteiger partial charge in [-0.05, 0) is 36.8 Å². The van der Waals surface area contributed by atoms with E-state index in [0.29, 0.717) is 23.8 Å². The molecular formula is C20H19ClN4O2. The van der Waals surface area contributed by atoms with Gasteiger partial charge in [-0.3, -0.25) is 19.6 Å². The standard InChI is InChI=1S/C20H19ClN4O2/c1-2-24-19(26)17-18(23(13-22-17)12-14-6-4-3-5-7-14)25(20(24)27)16-10-8-15(21)9-11-16/h3-11,13,17-18H,2,12H2,1H3. The molecule has 0 N–H and O–H groups in total. The highest BCUT2D eigenvalue weighted by Crippen LogP contribution is 2.32. The van der Waals surface area contributed by atoms with E-state index >= 15 is 0 Å². The first-order chi connectivity index (χ1) is 13.1. The fraction of sp³-hybridized carbons (Fsp3) is 0.250. The Bertz CT molecular complexity index is 885. The summed E-state index contributed by atoms with van der Waals surface area (Å²) in [5, 5.41) is 0.590. The third-order valence-corrected chi connectivity index (χ3v) is 5.10. The number of carbonyl (C=O) groups is 2. The van der Waals surface area contributed by atoms with E-state index in [9.17, 15) is 9.59 Å². The SMILES string of the molecule is CCN1C(=O)C2N=CN(Cc3ccccc3)C2N(c2ccc(Cl)cc2)C1=O. The van der Waals surface area contributed by atoms with E-state index in [4.69, 9.17) is 11.6 Å². The molecule has 2 aliphatic heterocycles. The zero-order valence-corrected chi connectivity index (χ0v) is 15.6. The third-order valence-electron chi connectivity index (χ3n) is 4.85. The van der Waals surface area contributed by atoms with Crippen molar-refractivity contribution in [1.29, 1.82) is 0 Å². The Labute approximate surface area is 162 Å². The summed E-state index contributed by atoms with van der Waals surface area (Å²) in [4.78, 5) is 35.2. The Morgan fingerprint density at radius 2 is 1.74 bits per heavy atom. The number of hydrogen-bond donors (Lipinski definition) is 0. The van der Waals surface area contributed by atoms with E-state index in [1.165, 1.54) is 4.90 Å². The molecule has 1 fully saturated rings. The van der Waals surface area contributed by atoms with Gasteiger partial charge in [0.1, 0.15) is 6.17 Å². The van der Waals surface area contributed by atoms with Crippen LogP contribution < -0.4 is 4.90 Å². The molecule has 27 heavy (non-hydrogen) atoms. The summed E-state index contributed by atoms with van der Waals surface area (Å²) < 4.78 is 0. The van der Waals surface area contributed by atoms with Crippen molar-refractivity contribution in [3.8, 4) is 0 Å². The maximum Gasteiger partial charge on any atom is 0.333 e. The second-order valence-corrected chi connectivity index (χ2v) is 6.93. The zero-order valence-electron chi connectivity index (χ0n) is 14.8. The van der Waals surface area contributed by atoms with Gasteiger partial charge in [0.25, 0.3) is 5.91 Å². The molecule has 0 saturated carbocycles. The highest BCUT2D eigenvalue weighted by molar-refractivity contribution is 6.30. The van der Waals surface area contributed by atoms with Crippen LogP contribution in [-0.2, 0) is 11.3 Å². The van der Waals surface area contributed by atoms with Crippen LogP contribution in [0.1, 0.15) is 12.5 Å². The Hall–Kier alpha value is -2.86. The predicted molar refractivity (Wildman–Crippen MR) is 105 cm³/mol. The van der Waals surface area contributed by atoms with Crippen LogP contribution in [0.5, 0.6) is 0 Å².